The van der Waals surface area contributed by atoms with Crippen LogP contribution in [0.1, 0.15) is 10.4 Å². The van der Waals surface area contributed by atoms with Gasteiger partial charge in [0.2, 0.25) is 10.0 Å². The van der Waals surface area contributed by atoms with Gasteiger partial charge in [-0.3, -0.25) is 0 Å². The van der Waals surface area contributed by atoms with Crippen molar-refractivity contribution in [3.63, 3.8) is 0 Å². The van der Waals surface area contributed by atoms with Crippen LogP contribution < -0.4 is 0 Å². The zero-order valence-electron chi connectivity index (χ0n) is 13.9. The molecule has 0 atom stereocenters. The van der Waals surface area contributed by atoms with Gasteiger partial charge in [-0.25, -0.2) is 8.42 Å². The Hall–Kier alpha value is -2.41. The van der Waals surface area contributed by atoms with Gasteiger partial charge in [-0.15, -0.1) is 11.3 Å². The lowest BCUT2D eigenvalue weighted by Crippen LogP contribution is -2.30. The minimum Gasteiger partial charge on any atom is -0.472 e. The van der Waals surface area contributed by atoms with Crippen LogP contribution in [0.4, 0.5) is 0 Å². The Kier molecular flexibility index (Phi) is 4.63. The van der Waals surface area contributed by atoms with Crippen molar-refractivity contribution in [3.8, 4) is 0 Å². The van der Waals surface area contributed by atoms with E-state index in [9.17, 15) is 8.42 Å². The number of fused-ring (bicyclic) bond motifs is 1. The van der Waals surface area contributed by atoms with Crippen LogP contribution in [0.3, 0.4) is 0 Å². The molecule has 0 bridgehead atoms. The molecule has 6 heteroatoms. The molecule has 2 aromatic carbocycles. The predicted octanol–water partition coefficient (Wildman–Crippen LogP) is 4.89. The lowest BCUT2D eigenvalue weighted by atomic mass is 10.1. The predicted molar refractivity (Wildman–Crippen MR) is 103 cm³/mol. The number of sulfonamides is 1. The minimum atomic E-state index is -3.68. The van der Waals surface area contributed by atoms with E-state index in [1.54, 1.807) is 42.1 Å². The van der Waals surface area contributed by atoms with Gasteiger partial charge in [-0.1, -0.05) is 42.5 Å². The number of thiophene rings is 1. The molecule has 26 heavy (non-hydrogen) atoms. The zero-order chi connectivity index (χ0) is 18.0. The third-order valence-electron chi connectivity index (χ3n) is 4.22. The van der Waals surface area contributed by atoms with Crippen molar-refractivity contribution in [1.29, 1.82) is 0 Å². The van der Waals surface area contributed by atoms with E-state index in [1.165, 1.54) is 4.31 Å². The smallest absolute Gasteiger partial charge is 0.244 e. The van der Waals surface area contributed by atoms with Gasteiger partial charge in [0.05, 0.1) is 17.4 Å². The standard InChI is InChI=1S/C20H17NO3S2/c22-26(23,20-9-3-6-17-5-1-2-8-19(17)20)21(13-16-10-11-24-15-16)14-18-7-4-12-25-18/h1-12,15H,13-14H2. The molecule has 0 fully saturated rings. The maximum atomic E-state index is 13.5. The highest BCUT2D eigenvalue weighted by Gasteiger charge is 2.27. The Bertz CT molecular complexity index is 1060. The molecule has 4 nitrogen and oxygen atoms in total. The maximum absolute atomic E-state index is 13.5. The van der Waals surface area contributed by atoms with E-state index in [0.717, 1.165) is 21.2 Å². The Morgan fingerprint density at radius 2 is 1.77 bits per heavy atom. The Labute approximate surface area is 156 Å². The van der Waals surface area contributed by atoms with Gasteiger partial charge < -0.3 is 4.42 Å². The molecule has 4 aromatic rings. The number of hydrogen-bond donors (Lipinski definition) is 0. The number of rotatable bonds is 6. The summed E-state index contributed by atoms with van der Waals surface area (Å²) in [6.45, 7) is 0.592. The first-order valence-corrected chi connectivity index (χ1v) is 10.5. The normalized spacial score (nSPS) is 12.0. The van der Waals surface area contributed by atoms with E-state index in [2.05, 4.69) is 0 Å². The summed E-state index contributed by atoms with van der Waals surface area (Å²) in [4.78, 5) is 1.33. The van der Waals surface area contributed by atoms with Crippen LogP contribution in [0.5, 0.6) is 0 Å². The molecule has 4 rings (SSSR count). The van der Waals surface area contributed by atoms with Crippen LogP contribution in [0.25, 0.3) is 10.8 Å². The third kappa shape index (κ3) is 3.31. The number of hydrogen-bond acceptors (Lipinski definition) is 4. The van der Waals surface area contributed by atoms with Crippen LogP contribution >= 0.6 is 11.3 Å². The molecular weight excluding hydrogens is 366 g/mol. The van der Waals surface area contributed by atoms with Crippen molar-refractivity contribution < 1.29 is 12.8 Å². The van der Waals surface area contributed by atoms with Crippen molar-refractivity contribution in [1.82, 2.24) is 4.31 Å². The van der Waals surface area contributed by atoms with Crippen LogP contribution in [-0.4, -0.2) is 12.7 Å². The second-order valence-corrected chi connectivity index (χ2v) is 8.90. The monoisotopic (exact) mass is 383 g/mol. The summed E-state index contributed by atoms with van der Waals surface area (Å²) in [7, 11) is -3.68. The Morgan fingerprint density at radius 1 is 0.923 bits per heavy atom. The molecule has 0 aliphatic carbocycles. The summed E-state index contributed by atoms with van der Waals surface area (Å²) in [5, 5.41) is 3.60. The van der Waals surface area contributed by atoms with Gasteiger partial charge in [0.1, 0.15) is 0 Å². The first-order valence-electron chi connectivity index (χ1n) is 8.16. The van der Waals surface area contributed by atoms with Crippen molar-refractivity contribution in [3.05, 3.63) is 89.0 Å². The number of furan rings is 1. The maximum Gasteiger partial charge on any atom is 0.244 e. The van der Waals surface area contributed by atoms with E-state index in [4.69, 9.17) is 4.42 Å². The first kappa shape index (κ1) is 17.0. The highest BCUT2D eigenvalue weighted by atomic mass is 32.2. The van der Waals surface area contributed by atoms with E-state index >= 15 is 0 Å². The van der Waals surface area contributed by atoms with E-state index < -0.39 is 10.0 Å². The summed E-state index contributed by atoms with van der Waals surface area (Å²) in [5.74, 6) is 0. The zero-order valence-corrected chi connectivity index (χ0v) is 15.5. The lowest BCUT2D eigenvalue weighted by Gasteiger charge is -2.22. The van der Waals surface area contributed by atoms with Crippen LogP contribution in [-0.2, 0) is 23.1 Å². The Morgan fingerprint density at radius 3 is 2.54 bits per heavy atom. The molecule has 132 valence electrons. The average Bonchev–Trinajstić information content (AvgIpc) is 3.34. The van der Waals surface area contributed by atoms with E-state index in [-0.39, 0.29) is 6.54 Å². The highest BCUT2D eigenvalue weighted by molar-refractivity contribution is 7.89. The summed E-state index contributed by atoms with van der Waals surface area (Å²) < 4.78 is 33.6. The molecule has 0 amide bonds. The molecule has 0 saturated carbocycles. The van der Waals surface area contributed by atoms with Gasteiger partial charge in [0, 0.05) is 28.9 Å². The van der Waals surface area contributed by atoms with Gasteiger partial charge in [0.25, 0.3) is 0 Å². The Balaban J connectivity index is 1.79. The van der Waals surface area contributed by atoms with Gasteiger partial charge in [-0.05, 0) is 29.0 Å². The van der Waals surface area contributed by atoms with Gasteiger partial charge >= 0.3 is 0 Å². The fourth-order valence-corrected chi connectivity index (χ4v) is 5.37. The summed E-state index contributed by atoms with van der Waals surface area (Å²) in [6, 6.07) is 18.6. The summed E-state index contributed by atoms with van der Waals surface area (Å²) >= 11 is 1.55. The second-order valence-electron chi connectivity index (χ2n) is 5.96. The number of nitrogens with zero attached hydrogens (tertiary/aromatic N) is 1. The van der Waals surface area contributed by atoms with Crippen LogP contribution in [0.2, 0.25) is 0 Å². The minimum absolute atomic E-state index is 0.264. The molecule has 2 heterocycles. The molecule has 2 aromatic heterocycles. The first-order chi connectivity index (χ1) is 12.6. The molecule has 0 saturated heterocycles. The van der Waals surface area contributed by atoms with Crippen LogP contribution in [0, 0.1) is 0 Å². The quantitative estimate of drug-likeness (QED) is 0.476. The van der Waals surface area contributed by atoms with Crippen molar-refractivity contribution in [2.75, 3.05) is 0 Å². The van der Waals surface area contributed by atoms with Crippen molar-refractivity contribution in [2.45, 2.75) is 18.0 Å². The molecule has 0 aliphatic rings. The fourth-order valence-electron chi connectivity index (χ4n) is 2.95. The van der Waals surface area contributed by atoms with Crippen LogP contribution in [0.15, 0.2) is 87.9 Å². The largest absolute Gasteiger partial charge is 0.472 e. The summed E-state index contributed by atoms with van der Waals surface area (Å²) in [5.41, 5.74) is 0.824. The molecule has 0 spiro atoms. The fraction of sp³-hybridized carbons (Fsp3) is 0.100. The van der Waals surface area contributed by atoms with Gasteiger partial charge in [0.15, 0.2) is 0 Å². The third-order valence-corrected chi connectivity index (χ3v) is 6.93. The molecule has 0 N–H and O–H groups in total. The van der Waals surface area contributed by atoms with E-state index in [0.29, 0.717) is 11.4 Å². The van der Waals surface area contributed by atoms with Gasteiger partial charge in [-0.2, -0.15) is 4.31 Å². The highest BCUT2D eigenvalue weighted by Crippen LogP contribution is 2.28. The molecule has 0 radical (unpaired) electrons. The molecular formula is C20H17NO3S2. The summed E-state index contributed by atoms with van der Waals surface area (Å²) in [6.07, 6.45) is 3.14. The molecule has 0 aliphatic heterocycles. The average molecular weight is 383 g/mol. The van der Waals surface area contributed by atoms with Crippen molar-refractivity contribution in [2.24, 2.45) is 0 Å². The SMILES string of the molecule is O=S(=O)(c1cccc2ccccc12)N(Cc1ccoc1)Cc1cccs1. The molecule has 0 unspecified atom stereocenters. The second kappa shape index (κ2) is 7.07. The topological polar surface area (TPSA) is 50.5 Å². The lowest BCUT2D eigenvalue weighted by molar-refractivity contribution is 0.402. The van der Waals surface area contributed by atoms with Crippen molar-refractivity contribution >= 4 is 32.1 Å². The van der Waals surface area contributed by atoms with E-state index in [1.807, 2.05) is 47.8 Å². The number of benzene rings is 2.